The molecule has 0 N–H and O–H groups in total. The van der Waals surface area contributed by atoms with Crippen molar-refractivity contribution in [3.8, 4) is 5.75 Å². The number of ether oxygens (including phenoxy) is 1. The van der Waals surface area contributed by atoms with Crippen LogP contribution in [0, 0.1) is 6.92 Å². The zero-order valence-electron chi connectivity index (χ0n) is 12.0. The molecular weight excluding hydrogens is 281 g/mol. The second-order valence-electron chi connectivity index (χ2n) is 4.86. The lowest BCUT2D eigenvalue weighted by Gasteiger charge is -2.09. The highest BCUT2D eigenvalue weighted by molar-refractivity contribution is 5.26. The average molecular weight is 299 g/mol. The maximum atomic E-state index is 12.1. The van der Waals surface area contributed by atoms with Gasteiger partial charge in [-0.25, -0.2) is 9.13 Å². The maximum absolute atomic E-state index is 12.1. The minimum atomic E-state index is -4.65. The molecule has 0 fully saturated rings. The normalized spacial score (nSPS) is 11.7. The summed E-state index contributed by atoms with van der Waals surface area (Å²) in [6.07, 6.45) is 0.397. The molecule has 1 heterocycles. The molecule has 0 radical (unpaired) electrons. The molecule has 2 rings (SSSR count). The molecule has 114 valence electrons. The molecule has 0 saturated heterocycles. The number of alkyl halides is 3. The Morgan fingerprint density at radius 2 is 1.86 bits per heavy atom. The lowest BCUT2D eigenvalue weighted by molar-refractivity contribution is -0.694. The number of imidazole rings is 1. The summed E-state index contributed by atoms with van der Waals surface area (Å²) in [4.78, 5) is 0. The van der Waals surface area contributed by atoms with Crippen molar-refractivity contribution in [2.75, 3.05) is 0 Å². The quantitative estimate of drug-likeness (QED) is 0.773. The summed E-state index contributed by atoms with van der Waals surface area (Å²) >= 11 is 0. The monoisotopic (exact) mass is 299 g/mol. The fourth-order valence-electron chi connectivity index (χ4n) is 2.18. The van der Waals surface area contributed by atoms with Gasteiger partial charge >= 0.3 is 6.36 Å². The molecule has 0 aliphatic rings. The number of benzene rings is 1. The van der Waals surface area contributed by atoms with Crippen LogP contribution in [0.2, 0.25) is 0 Å². The van der Waals surface area contributed by atoms with E-state index < -0.39 is 6.36 Å². The number of hydrogen-bond donors (Lipinski definition) is 0. The Hall–Kier alpha value is -1.98. The van der Waals surface area contributed by atoms with Crippen molar-refractivity contribution >= 4 is 0 Å². The summed E-state index contributed by atoms with van der Waals surface area (Å²) in [7, 11) is 0. The summed E-state index contributed by atoms with van der Waals surface area (Å²) in [6, 6.07) is 5.96. The van der Waals surface area contributed by atoms with E-state index in [-0.39, 0.29) is 5.75 Å². The van der Waals surface area contributed by atoms with Crippen molar-refractivity contribution in [2.24, 2.45) is 0 Å². The Morgan fingerprint density at radius 3 is 2.43 bits per heavy atom. The lowest BCUT2D eigenvalue weighted by Crippen LogP contribution is -2.36. The van der Waals surface area contributed by atoms with Gasteiger partial charge in [0, 0.05) is 6.92 Å². The Morgan fingerprint density at radius 1 is 1.19 bits per heavy atom. The molecule has 1 aromatic heterocycles. The number of aromatic nitrogens is 2. The maximum Gasteiger partial charge on any atom is 0.573 e. The van der Waals surface area contributed by atoms with Gasteiger partial charge in [0.15, 0.2) is 0 Å². The second-order valence-corrected chi connectivity index (χ2v) is 4.86. The van der Waals surface area contributed by atoms with E-state index >= 15 is 0 Å². The first-order valence-corrected chi connectivity index (χ1v) is 6.79. The SMILES string of the molecule is CCCn1cc[n+](Cc2ccc(OC(F)(F)F)cc2)c1C. The summed E-state index contributed by atoms with van der Waals surface area (Å²) in [6.45, 7) is 5.71. The predicted octanol–water partition coefficient (Wildman–Crippen LogP) is 3.44. The number of hydrogen-bond acceptors (Lipinski definition) is 1. The van der Waals surface area contributed by atoms with Crippen LogP contribution >= 0.6 is 0 Å². The van der Waals surface area contributed by atoms with Crippen LogP contribution in [0.25, 0.3) is 0 Å². The van der Waals surface area contributed by atoms with Crippen LogP contribution in [0.3, 0.4) is 0 Å². The van der Waals surface area contributed by atoms with Gasteiger partial charge in [-0.3, -0.25) is 0 Å². The van der Waals surface area contributed by atoms with Crippen LogP contribution in [0.4, 0.5) is 13.2 Å². The van der Waals surface area contributed by atoms with Gasteiger partial charge in [-0.05, 0) is 24.1 Å². The van der Waals surface area contributed by atoms with Crippen LogP contribution in [0.5, 0.6) is 5.75 Å². The summed E-state index contributed by atoms with van der Waals surface area (Å²) in [5, 5.41) is 0. The van der Waals surface area contributed by atoms with E-state index in [1.807, 2.05) is 19.3 Å². The lowest BCUT2D eigenvalue weighted by atomic mass is 10.2. The molecule has 3 nitrogen and oxygen atoms in total. The molecular formula is C15H18F3N2O+. The van der Waals surface area contributed by atoms with Crippen LogP contribution in [-0.4, -0.2) is 10.9 Å². The molecule has 0 aliphatic carbocycles. The number of nitrogens with zero attached hydrogens (tertiary/aromatic N) is 2. The Bertz CT molecular complexity index is 588. The van der Waals surface area contributed by atoms with E-state index in [0.717, 1.165) is 24.4 Å². The van der Waals surface area contributed by atoms with E-state index in [2.05, 4.69) is 20.8 Å². The fraction of sp³-hybridized carbons (Fsp3) is 0.400. The van der Waals surface area contributed by atoms with Gasteiger partial charge in [-0.15, -0.1) is 13.2 Å². The van der Waals surface area contributed by atoms with Crippen molar-refractivity contribution < 1.29 is 22.5 Å². The highest BCUT2D eigenvalue weighted by atomic mass is 19.4. The molecule has 6 heteroatoms. The van der Waals surface area contributed by atoms with Crippen molar-refractivity contribution in [2.45, 2.75) is 39.7 Å². The molecule has 0 bridgehead atoms. The molecule has 0 amide bonds. The number of rotatable bonds is 5. The first kappa shape index (κ1) is 15.4. The highest BCUT2D eigenvalue weighted by Gasteiger charge is 2.30. The van der Waals surface area contributed by atoms with Crippen LogP contribution < -0.4 is 9.30 Å². The van der Waals surface area contributed by atoms with E-state index in [9.17, 15) is 13.2 Å². The van der Waals surface area contributed by atoms with Crippen LogP contribution in [-0.2, 0) is 13.1 Å². The largest absolute Gasteiger partial charge is 0.573 e. The Kier molecular flexibility index (Phi) is 4.55. The van der Waals surface area contributed by atoms with Crippen LogP contribution in [0.1, 0.15) is 24.7 Å². The third-order valence-corrected chi connectivity index (χ3v) is 3.23. The third kappa shape index (κ3) is 4.24. The number of halogens is 3. The molecule has 2 aromatic rings. The smallest absolute Gasteiger partial charge is 0.406 e. The van der Waals surface area contributed by atoms with Crippen molar-refractivity contribution in [3.05, 3.63) is 48.0 Å². The molecule has 0 aliphatic heterocycles. The van der Waals surface area contributed by atoms with Gasteiger partial charge in [0.05, 0.1) is 6.54 Å². The zero-order chi connectivity index (χ0) is 15.5. The van der Waals surface area contributed by atoms with Gasteiger partial charge in [-0.1, -0.05) is 19.1 Å². The topological polar surface area (TPSA) is 18.0 Å². The standard InChI is InChI=1S/C15H18F3N2O/c1-3-8-19-9-10-20(12(19)2)11-13-4-6-14(7-5-13)21-15(16,17)18/h4-7,9-10H,3,8,11H2,1-2H3/q+1. The van der Waals surface area contributed by atoms with Gasteiger partial charge in [0.2, 0.25) is 0 Å². The predicted molar refractivity (Wildman–Crippen MR) is 71.9 cm³/mol. The second kappa shape index (κ2) is 6.20. The van der Waals surface area contributed by atoms with E-state index in [1.54, 1.807) is 12.1 Å². The summed E-state index contributed by atoms with van der Waals surface area (Å²) in [5.41, 5.74) is 0.923. The summed E-state index contributed by atoms with van der Waals surface area (Å²) < 4.78 is 44.3. The first-order valence-electron chi connectivity index (χ1n) is 6.79. The van der Waals surface area contributed by atoms with Gasteiger partial charge in [0.1, 0.15) is 24.7 Å². The summed E-state index contributed by atoms with van der Waals surface area (Å²) in [5.74, 6) is 0.920. The molecule has 0 spiro atoms. The number of aryl methyl sites for hydroxylation is 1. The molecule has 0 saturated carbocycles. The zero-order valence-corrected chi connectivity index (χ0v) is 12.0. The third-order valence-electron chi connectivity index (χ3n) is 3.23. The van der Waals surface area contributed by atoms with Gasteiger partial charge in [0.25, 0.3) is 5.82 Å². The van der Waals surface area contributed by atoms with Crippen LogP contribution in [0.15, 0.2) is 36.7 Å². The molecule has 0 unspecified atom stereocenters. The Balaban J connectivity index is 2.07. The van der Waals surface area contributed by atoms with Gasteiger partial charge in [-0.2, -0.15) is 0 Å². The highest BCUT2D eigenvalue weighted by Crippen LogP contribution is 2.22. The van der Waals surface area contributed by atoms with Gasteiger partial charge < -0.3 is 4.74 Å². The first-order chi connectivity index (χ1) is 9.89. The van der Waals surface area contributed by atoms with Crippen molar-refractivity contribution in [3.63, 3.8) is 0 Å². The minimum absolute atomic E-state index is 0.198. The Labute approximate surface area is 121 Å². The van der Waals surface area contributed by atoms with Crippen molar-refractivity contribution in [1.29, 1.82) is 0 Å². The average Bonchev–Trinajstić information content (AvgIpc) is 2.73. The molecule has 0 atom stereocenters. The van der Waals surface area contributed by atoms with E-state index in [1.165, 1.54) is 12.1 Å². The fourth-order valence-corrected chi connectivity index (χ4v) is 2.18. The van der Waals surface area contributed by atoms with Crippen molar-refractivity contribution in [1.82, 2.24) is 4.57 Å². The van der Waals surface area contributed by atoms with E-state index in [0.29, 0.717) is 6.54 Å². The van der Waals surface area contributed by atoms with E-state index in [4.69, 9.17) is 0 Å². The minimum Gasteiger partial charge on any atom is -0.406 e. The molecule has 1 aromatic carbocycles. The molecule has 21 heavy (non-hydrogen) atoms.